The molecule has 0 fully saturated rings. The van der Waals surface area contributed by atoms with Crippen molar-refractivity contribution in [3.8, 4) is 0 Å². The van der Waals surface area contributed by atoms with Crippen LogP contribution in [0.4, 0.5) is 4.39 Å². The quantitative estimate of drug-likeness (QED) is 0.873. The number of hydrogen-bond acceptors (Lipinski definition) is 2. The lowest BCUT2D eigenvalue weighted by molar-refractivity contribution is 0.614. The van der Waals surface area contributed by atoms with Gasteiger partial charge in [-0.25, -0.2) is 4.39 Å². The summed E-state index contributed by atoms with van der Waals surface area (Å²) in [4.78, 5) is 1.05. The molecule has 1 heterocycles. The molecule has 0 saturated carbocycles. The van der Waals surface area contributed by atoms with Crippen LogP contribution in [0.5, 0.6) is 0 Å². The predicted molar refractivity (Wildman–Crippen MR) is 68.7 cm³/mol. The highest BCUT2D eigenvalue weighted by Gasteiger charge is 2.10. The first kappa shape index (κ1) is 13.2. The Labute approximate surface area is 105 Å². The van der Waals surface area contributed by atoms with Gasteiger partial charge in [-0.2, -0.15) is 0 Å². The molecular formula is C12H13ClFNS. The highest BCUT2D eigenvalue weighted by molar-refractivity contribution is 7.10. The maximum atomic E-state index is 13.3. The van der Waals surface area contributed by atoms with Gasteiger partial charge in [0, 0.05) is 4.88 Å². The van der Waals surface area contributed by atoms with Gasteiger partial charge < -0.3 is 5.73 Å². The molecule has 2 aromatic rings. The monoisotopic (exact) mass is 257 g/mol. The lowest BCUT2D eigenvalue weighted by atomic mass is 10.0. The van der Waals surface area contributed by atoms with Crippen LogP contribution in [0.15, 0.2) is 35.7 Å². The van der Waals surface area contributed by atoms with Crippen LogP contribution in [0.2, 0.25) is 0 Å². The van der Waals surface area contributed by atoms with Crippen molar-refractivity contribution in [1.82, 2.24) is 0 Å². The van der Waals surface area contributed by atoms with Crippen molar-refractivity contribution >= 4 is 23.7 Å². The van der Waals surface area contributed by atoms with Gasteiger partial charge in [-0.05, 0) is 35.6 Å². The smallest absolute Gasteiger partial charge is 0.126 e. The van der Waals surface area contributed by atoms with Gasteiger partial charge in [0.05, 0.1) is 6.04 Å². The van der Waals surface area contributed by atoms with Gasteiger partial charge in [-0.3, -0.25) is 0 Å². The molecule has 1 aromatic heterocycles. The molecule has 0 aliphatic heterocycles. The van der Waals surface area contributed by atoms with Crippen LogP contribution in [0.3, 0.4) is 0 Å². The van der Waals surface area contributed by atoms with Crippen molar-refractivity contribution in [3.05, 3.63) is 57.5 Å². The Morgan fingerprint density at radius 1 is 1.31 bits per heavy atom. The zero-order valence-electron chi connectivity index (χ0n) is 8.81. The van der Waals surface area contributed by atoms with E-state index in [-0.39, 0.29) is 24.3 Å². The molecule has 1 atom stereocenters. The lowest BCUT2D eigenvalue weighted by Gasteiger charge is -2.10. The molecule has 0 bridgehead atoms. The van der Waals surface area contributed by atoms with Gasteiger partial charge in [0.2, 0.25) is 0 Å². The van der Waals surface area contributed by atoms with E-state index in [0.717, 1.165) is 10.4 Å². The van der Waals surface area contributed by atoms with Gasteiger partial charge in [-0.1, -0.05) is 18.2 Å². The van der Waals surface area contributed by atoms with E-state index in [1.807, 2.05) is 23.6 Å². The van der Waals surface area contributed by atoms with E-state index < -0.39 is 0 Å². The van der Waals surface area contributed by atoms with E-state index in [1.165, 1.54) is 6.07 Å². The van der Waals surface area contributed by atoms with E-state index in [0.29, 0.717) is 5.56 Å². The SMILES string of the molecule is Cc1ccc([C@@H](N)c2cccs2)cc1F.Cl. The predicted octanol–water partition coefficient (Wildman–Crippen LogP) is 3.67. The second-order valence-electron chi connectivity index (χ2n) is 3.50. The summed E-state index contributed by atoms with van der Waals surface area (Å²) in [5, 5.41) is 1.97. The molecule has 86 valence electrons. The molecule has 0 unspecified atom stereocenters. The summed E-state index contributed by atoms with van der Waals surface area (Å²) in [6.45, 7) is 1.75. The Bertz CT molecular complexity index is 456. The maximum Gasteiger partial charge on any atom is 0.126 e. The molecule has 4 heteroatoms. The Morgan fingerprint density at radius 3 is 2.62 bits per heavy atom. The summed E-state index contributed by atoms with van der Waals surface area (Å²) in [7, 11) is 0. The number of hydrogen-bond donors (Lipinski definition) is 1. The summed E-state index contributed by atoms with van der Waals surface area (Å²) >= 11 is 1.59. The number of nitrogens with two attached hydrogens (primary N) is 1. The van der Waals surface area contributed by atoms with Crippen molar-refractivity contribution in [2.24, 2.45) is 5.73 Å². The standard InChI is InChI=1S/C12H12FNS.ClH/c1-8-4-5-9(7-10(8)13)12(14)11-3-2-6-15-11;/h2-7,12H,14H2,1H3;1H/t12-;/m1./s1. The fourth-order valence-electron chi connectivity index (χ4n) is 1.44. The maximum absolute atomic E-state index is 13.3. The molecule has 1 aromatic carbocycles. The highest BCUT2D eigenvalue weighted by Crippen LogP contribution is 2.24. The third-order valence-electron chi connectivity index (χ3n) is 2.40. The largest absolute Gasteiger partial charge is 0.320 e. The van der Waals surface area contributed by atoms with Crippen LogP contribution in [0.1, 0.15) is 22.0 Å². The Kier molecular flexibility index (Phi) is 4.47. The second-order valence-corrected chi connectivity index (χ2v) is 4.48. The van der Waals surface area contributed by atoms with Crippen LogP contribution in [0, 0.1) is 12.7 Å². The fourth-order valence-corrected chi connectivity index (χ4v) is 2.19. The van der Waals surface area contributed by atoms with E-state index in [1.54, 1.807) is 24.3 Å². The average molecular weight is 258 g/mol. The van der Waals surface area contributed by atoms with Crippen LogP contribution in [0.25, 0.3) is 0 Å². The third-order valence-corrected chi connectivity index (χ3v) is 3.36. The Morgan fingerprint density at radius 2 is 2.06 bits per heavy atom. The lowest BCUT2D eigenvalue weighted by Crippen LogP contribution is -2.10. The first-order valence-electron chi connectivity index (χ1n) is 4.73. The minimum Gasteiger partial charge on any atom is -0.320 e. The number of halogens is 2. The average Bonchev–Trinajstić information content (AvgIpc) is 2.74. The summed E-state index contributed by atoms with van der Waals surface area (Å²) in [6.07, 6.45) is 0. The van der Waals surface area contributed by atoms with Crippen molar-refractivity contribution in [3.63, 3.8) is 0 Å². The molecule has 2 N–H and O–H groups in total. The molecule has 2 rings (SSSR count). The molecule has 0 radical (unpaired) electrons. The molecule has 16 heavy (non-hydrogen) atoms. The van der Waals surface area contributed by atoms with Gasteiger partial charge in [0.25, 0.3) is 0 Å². The zero-order chi connectivity index (χ0) is 10.8. The minimum absolute atomic E-state index is 0. The highest BCUT2D eigenvalue weighted by atomic mass is 35.5. The molecule has 0 saturated heterocycles. The Hall–Kier alpha value is -0.900. The zero-order valence-corrected chi connectivity index (χ0v) is 10.4. The van der Waals surface area contributed by atoms with Crippen LogP contribution in [-0.4, -0.2) is 0 Å². The van der Waals surface area contributed by atoms with Gasteiger partial charge in [-0.15, -0.1) is 23.7 Å². The second kappa shape index (κ2) is 5.43. The number of benzene rings is 1. The van der Waals surface area contributed by atoms with Crippen molar-refractivity contribution < 1.29 is 4.39 Å². The number of rotatable bonds is 2. The molecule has 1 nitrogen and oxygen atoms in total. The minimum atomic E-state index is -0.222. The van der Waals surface area contributed by atoms with Crippen molar-refractivity contribution in [2.75, 3.05) is 0 Å². The van der Waals surface area contributed by atoms with E-state index in [9.17, 15) is 4.39 Å². The van der Waals surface area contributed by atoms with Crippen molar-refractivity contribution in [1.29, 1.82) is 0 Å². The Balaban J connectivity index is 0.00000128. The van der Waals surface area contributed by atoms with Crippen molar-refractivity contribution in [2.45, 2.75) is 13.0 Å². The molecule has 0 aliphatic carbocycles. The summed E-state index contributed by atoms with van der Waals surface area (Å²) in [5.41, 5.74) is 7.49. The first-order valence-corrected chi connectivity index (χ1v) is 5.61. The van der Waals surface area contributed by atoms with E-state index >= 15 is 0 Å². The van der Waals surface area contributed by atoms with Gasteiger partial charge >= 0.3 is 0 Å². The normalized spacial score (nSPS) is 11.9. The number of aryl methyl sites for hydroxylation is 1. The van der Waals surface area contributed by atoms with Gasteiger partial charge in [0.15, 0.2) is 0 Å². The van der Waals surface area contributed by atoms with E-state index in [2.05, 4.69) is 0 Å². The fraction of sp³-hybridized carbons (Fsp3) is 0.167. The summed E-state index contributed by atoms with van der Waals surface area (Å²) in [5.74, 6) is -0.195. The molecular weight excluding hydrogens is 245 g/mol. The topological polar surface area (TPSA) is 26.0 Å². The van der Waals surface area contributed by atoms with Gasteiger partial charge in [0.1, 0.15) is 5.82 Å². The van der Waals surface area contributed by atoms with Crippen LogP contribution < -0.4 is 5.73 Å². The number of thiophene rings is 1. The summed E-state index contributed by atoms with van der Waals surface area (Å²) in [6, 6.07) is 8.85. The van der Waals surface area contributed by atoms with Crippen LogP contribution >= 0.6 is 23.7 Å². The molecule has 0 aliphatic rings. The van der Waals surface area contributed by atoms with E-state index in [4.69, 9.17) is 5.73 Å². The molecule has 0 amide bonds. The first-order chi connectivity index (χ1) is 7.18. The van der Waals surface area contributed by atoms with Crippen LogP contribution in [-0.2, 0) is 0 Å². The summed E-state index contributed by atoms with van der Waals surface area (Å²) < 4.78 is 13.3. The third kappa shape index (κ3) is 2.61. The molecule has 0 spiro atoms.